The molecule has 0 radical (unpaired) electrons. The maximum atomic E-state index is 11.9. The van der Waals surface area contributed by atoms with Crippen molar-refractivity contribution in [2.75, 3.05) is 19.0 Å². The van der Waals surface area contributed by atoms with Gasteiger partial charge in [-0.15, -0.1) is 11.6 Å². The van der Waals surface area contributed by atoms with Crippen molar-refractivity contribution in [1.82, 2.24) is 4.90 Å². The van der Waals surface area contributed by atoms with Crippen LogP contribution in [-0.4, -0.2) is 41.8 Å². The lowest BCUT2D eigenvalue weighted by Gasteiger charge is -2.35. The van der Waals surface area contributed by atoms with Crippen LogP contribution in [0.25, 0.3) is 0 Å². The summed E-state index contributed by atoms with van der Waals surface area (Å²) in [5, 5.41) is 0. The number of alkyl halides is 1. The molecule has 0 aromatic rings. The molecule has 0 aromatic carbocycles. The number of ether oxygens (including phenoxy) is 1. The summed E-state index contributed by atoms with van der Waals surface area (Å²) in [4.78, 5) is 25.0. The summed E-state index contributed by atoms with van der Waals surface area (Å²) >= 11 is 5.46. The van der Waals surface area contributed by atoms with Crippen LogP contribution in [0, 0.1) is 0 Å². The molecule has 1 aliphatic heterocycles. The van der Waals surface area contributed by atoms with Crippen molar-refractivity contribution in [3.63, 3.8) is 0 Å². The summed E-state index contributed by atoms with van der Waals surface area (Å²) in [5.74, 6) is -0.0934. The molecule has 5 heteroatoms. The van der Waals surface area contributed by atoms with Crippen LogP contribution in [0.3, 0.4) is 0 Å². The average molecular weight is 274 g/mol. The lowest BCUT2D eigenvalue weighted by atomic mass is 10.0. The van der Waals surface area contributed by atoms with E-state index in [1.165, 1.54) is 0 Å². The summed E-state index contributed by atoms with van der Waals surface area (Å²) in [6, 6.07) is -0.0257. The van der Waals surface area contributed by atoms with Crippen molar-refractivity contribution in [2.24, 2.45) is 0 Å². The quantitative estimate of drug-likeness (QED) is 0.438. The Morgan fingerprint density at radius 3 is 2.78 bits per heavy atom. The van der Waals surface area contributed by atoms with E-state index in [-0.39, 0.29) is 36.8 Å². The Morgan fingerprint density at radius 2 is 2.17 bits per heavy atom. The van der Waals surface area contributed by atoms with Gasteiger partial charge in [-0.25, -0.2) is 0 Å². The van der Waals surface area contributed by atoms with E-state index >= 15 is 0 Å². The molecule has 0 aromatic heterocycles. The number of hydrogen-bond donors (Lipinski definition) is 0. The van der Waals surface area contributed by atoms with Gasteiger partial charge in [-0.05, 0) is 26.2 Å². The number of nitrogens with zero attached hydrogens (tertiary/aromatic N) is 1. The van der Waals surface area contributed by atoms with Crippen LogP contribution in [0.15, 0.2) is 12.2 Å². The Kier molecular flexibility index (Phi) is 6.19. The normalized spacial score (nSPS) is 19.4. The first-order valence-corrected chi connectivity index (χ1v) is 6.77. The van der Waals surface area contributed by atoms with Gasteiger partial charge in [0.2, 0.25) is 5.91 Å². The molecule has 0 aliphatic carbocycles. The molecule has 1 heterocycles. The molecule has 1 unspecified atom stereocenters. The van der Waals surface area contributed by atoms with E-state index in [1.807, 2.05) is 0 Å². The Bertz CT molecular complexity index is 330. The Balaban J connectivity index is 2.52. The van der Waals surface area contributed by atoms with Gasteiger partial charge in [-0.1, -0.05) is 6.58 Å². The van der Waals surface area contributed by atoms with E-state index in [0.29, 0.717) is 12.1 Å². The van der Waals surface area contributed by atoms with E-state index in [0.717, 1.165) is 19.3 Å². The topological polar surface area (TPSA) is 46.6 Å². The molecule has 0 N–H and O–H groups in total. The Morgan fingerprint density at radius 1 is 1.44 bits per heavy atom. The molecule has 1 atom stereocenters. The predicted octanol–water partition coefficient (Wildman–Crippen LogP) is 2.12. The number of amides is 1. The van der Waals surface area contributed by atoms with E-state index in [1.54, 1.807) is 11.8 Å². The first kappa shape index (κ1) is 15.0. The minimum atomic E-state index is -0.307. The van der Waals surface area contributed by atoms with Crippen LogP contribution in [0.5, 0.6) is 0 Å². The number of likely N-dealkylation sites (tertiary alicyclic amines) is 1. The smallest absolute Gasteiger partial charge is 0.307 e. The van der Waals surface area contributed by atoms with Crippen molar-refractivity contribution in [1.29, 1.82) is 0 Å². The van der Waals surface area contributed by atoms with E-state index in [2.05, 4.69) is 6.58 Å². The fourth-order valence-corrected chi connectivity index (χ4v) is 2.18. The molecule has 0 spiro atoms. The minimum absolute atomic E-state index is 0.0257. The van der Waals surface area contributed by atoms with E-state index < -0.39 is 0 Å². The zero-order chi connectivity index (χ0) is 13.5. The molecule has 1 saturated heterocycles. The maximum absolute atomic E-state index is 11.9. The van der Waals surface area contributed by atoms with E-state index in [9.17, 15) is 9.59 Å². The molecular weight excluding hydrogens is 254 g/mol. The average Bonchev–Trinajstić information content (AvgIpc) is 2.36. The minimum Gasteiger partial charge on any atom is -0.463 e. The molecular formula is C13H20ClNO3. The number of carbonyl (C=O) groups is 2. The second-order valence-electron chi connectivity index (χ2n) is 4.55. The van der Waals surface area contributed by atoms with Crippen molar-refractivity contribution < 1.29 is 14.3 Å². The van der Waals surface area contributed by atoms with Gasteiger partial charge >= 0.3 is 5.97 Å². The molecule has 4 nitrogen and oxygen atoms in total. The first-order valence-electron chi connectivity index (χ1n) is 6.24. The van der Waals surface area contributed by atoms with Crippen LogP contribution in [0.1, 0.15) is 32.6 Å². The number of halogens is 1. The molecule has 102 valence electrons. The standard InChI is InChI=1S/C13H20ClNO3/c1-10(2)13(17)15-8-4-3-5-11(15)9-18-12(16)6-7-14/h11H,1,3-9H2,2H3. The molecule has 1 fully saturated rings. The van der Waals surface area contributed by atoms with E-state index in [4.69, 9.17) is 16.3 Å². The third kappa shape index (κ3) is 4.33. The molecule has 0 saturated carbocycles. The monoisotopic (exact) mass is 273 g/mol. The lowest BCUT2D eigenvalue weighted by Crippen LogP contribution is -2.46. The summed E-state index contributed by atoms with van der Waals surface area (Å²) in [6.07, 6.45) is 3.12. The summed E-state index contributed by atoms with van der Waals surface area (Å²) in [5.41, 5.74) is 0.522. The van der Waals surface area contributed by atoms with Gasteiger partial charge < -0.3 is 9.64 Å². The molecule has 18 heavy (non-hydrogen) atoms. The van der Waals surface area contributed by atoms with Crippen LogP contribution < -0.4 is 0 Å². The number of piperidine rings is 1. The van der Waals surface area contributed by atoms with Crippen LogP contribution in [-0.2, 0) is 14.3 Å². The second kappa shape index (κ2) is 7.41. The van der Waals surface area contributed by atoms with Gasteiger partial charge in [-0.2, -0.15) is 0 Å². The second-order valence-corrected chi connectivity index (χ2v) is 4.93. The Hall–Kier alpha value is -1.03. The fourth-order valence-electron chi connectivity index (χ4n) is 2.02. The summed E-state index contributed by atoms with van der Waals surface area (Å²) in [7, 11) is 0. The third-order valence-electron chi connectivity index (χ3n) is 2.99. The summed E-state index contributed by atoms with van der Waals surface area (Å²) in [6.45, 7) is 6.35. The van der Waals surface area contributed by atoms with Crippen molar-refractivity contribution in [3.8, 4) is 0 Å². The van der Waals surface area contributed by atoms with Crippen LogP contribution in [0.4, 0.5) is 0 Å². The molecule has 0 bridgehead atoms. The van der Waals surface area contributed by atoms with Gasteiger partial charge in [0.05, 0.1) is 12.5 Å². The summed E-state index contributed by atoms with van der Waals surface area (Å²) < 4.78 is 5.14. The highest BCUT2D eigenvalue weighted by molar-refractivity contribution is 6.18. The molecule has 1 amide bonds. The zero-order valence-electron chi connectivity index (χ0n) is 10.8. The first-order chi connectivity index (χ1) is 8.56. The van der Waals surface area contributed by atoms with Gasteiger partial charge in [0.1, 0.15) is 6.61 Å². The SMILES string of the molecule is C=C(C)C(=O)N1CCCCC1COC(=O)CCCl. The van der Waals surface area contributed by atoms with Gasteiger partial charge in [0.25, 0.3) is 0 Å². The number of carbonyl (C=O) groups excluding carboxylic acids is 2. The van der Waals surface area contributed by atoms with Gasteiger partial charge in [0.15, 0.2) is 0 Å². The van der Waals surface area contributed by atoms with Gasteiger partial charge in [0, 0.05) is 18.0 Å². The number of hydrogen-bond acceptors (Lipinski definition) is 3. The highest BCUT2D eigenvalue weighted by atomic mass is 35.5. The maximum Gasteiger partial charge on any atom is 0.307 e. The van der Waals surface area contributed by atoms with Gasteiger partial charge in [-0.3, -0.25) is 9.59 Å². The predicted molar refractivity (Wildman–Crippen MR) is 70.5 cm³/mol. The third-order valence-corrected chi connectivity index (χ3v) is 3.18. The van der Waals surface area contributed by atoms with Crippen LogP contribution >= 0.6 is 11.6 Å². The lowest BCUT2D eigenvalue weighted by molar-refractivity contribution is -0.148. The highest BCUT2D eigenvalue weighted by Gasteiger charge is 2.27. The number of rotatable bonds is 5. The van der Waals surface area contributed by atoms with Crippen molar-refractivity contribution >= 4 is 23.5 Å². The fraction of sp³-hybridized carbons (Fsp3) is 0.692. The molecule has 1 aliphatic rings. The Labute approximate surface area is 113 Å². The van der Waals surface area contributed by atoms with Crippen molar-refractivity contribution in [3.05, 3.63) is 12.2 Å². The highest BCUT2D eigenvalue weighted by Crippen LogP contribution is 2.19. The zero-order valence-corrected chi connectivity index (χ0v) is 11.5. The molecule has 1 rings (SSSR count). The number of esters is 1. The largest absolute Gasteiger partial charge is 0.463 e. The van der Waals surface area contributed by atoms with Crippen LogP contribution in [0.2, 0.25) is 0 Å². The van der Waals surface area contributed by atoms with Crippen molar-refractivity contribution in [2.45, 2.75) is 38.6 Å².